The number of rotatable bonds is 6. The summed E-state index contributed by atoms with van der Waals surface area (Å²) < 4.78 is 6.06. The van der Waals surface area contributed by atoms with Crippen molar-refractivity contribution in [1.82, 2.24) is 0 Å². The summed E-state index contributed by atoms with van der Waals surface area (Å²) in [6.45, 7) is 5.48. The summed E-state index contributed by atoms with van der Waals surface area (Å²) >= 11 is 0. The van der Waals surface area contributed by atoms with Crippen molar-refractivity contribution in [1.29, 1.82) is 0 Å². The Morgan fingerprint density at radius 3 is 2.28 bits per heavy atom. The van der Waals surface area contributed by atoms with Crippen LogP contribution in [0, 0.1) is 11.8 Å². The van der Waals surface area contributed by atoms with Crippen LogP contribution in [0.3, 0.4) is 0 Å². The summed E-state index contributed by atoms with van der Waals surface area (Å²) in [7, 11) is 0. The third-order valence-electron chi connectivity index (χ3n) is 6.33. The van der Waals surface area contributed by atoms with Crippen LogP contribution in [0.4, 0.5) is 0 Å². The van der Waals surface area contributed by atoms with Gasteiger partial charge in [0.15, 0.2) is 0 Å². The molecule has 0 bridgehead atoms. The summed E-state index contributed by atoms with van der Waals surface area (Å²) in [6, 6.07) is 9.35. The molecular weight excluding hydrogens is 304 g/mol. The van der Waals surface area contributed by atoms with Gasteiger partial charge in [-0.1, -0.05) is 56.7 Å². The first-order valence-electron chi connectivity index (χ1n) is 10.7. The second-order valence-corrected chi connectivity index (χ2v) is 8.20. The monoisotopic (exact) mass is 340 g/mol. The number of aryl methyl sites for hydroxylation is 1. The Morgan fingerprint density at radius 2 is 1.68 bits per heavy atom. The van der Waals surface area contributed by atoms with Crippen molar-refractivity contribution in [2.75, 3.05) is 6.61 Å². The van der Waals surface area contributed by atoms with Crippen LogP contribution in [-0.2, 0) is 11.2 Å². The van der Waals surface area contributed by atoms with Crippen molar-refractivity contribution < 1.29 is 4.74 Å². The van der Waals surface area contributed by atoms with Gasteiger partial charge in [-0.2, -0.15) is 0 Å². The number of hydrogen-bond acceptors (Lipinski definition) is 1. The Hall–Kier alpha value is -1.08. The van der Waals surface area contributed by atoms with E-state index in [9.17, 15) is 0 Å². The minimum Gasteiger partial charge on any atom is -0.374 e. The molecule has 1 aliphatic heterocycles. The third-order valence-corrected chi connectivity index (χ3v) is 6.33. The number of allylic oxidation sites excluding steroid dienone is 1. The summed E-state index contributed by atoms with van der Waals surface area (Å²) in [4.78, 5) is 0. The minimum atomic E-state index is 0.382. The fourth-order valence-corrected chi connectivity index (χ4v) is 4.57. The minimum absolute atomic E-state index is 0.382. The van der Waals surface area contributed by atoms with E-state index in [1.807, 2.05) is 0 Å². The highest BCUT2D eigenvalue weighted by molar-refractivity contribution is 5.25. The lowest BCUT2D eigenvalue weighted by Gasteiger charge is -2.29. The molecule has 1 aromatic carbocycles. The average Bonchev–Trinajstić information content (AvgIpc) is 2.68. The van der Waals surface area contributed by atoms with E-state index in [4.69, 9.17) is 4.74 Å². The SMILES string of the molecule is CCCC1CCC(C=CC2CCC(c3ccc(CC)cc3)CC2)OC1. The second kappa shape index (κ2) is 9.57. The molecule has 1 aliphatic carbocycles. The predicted molar refractivity (Wildman–Crippen MR) is 107 cm³/mol. The van der Waals surface area contributed by atoms with Gasteiger partial charge in [0.05, 0.1) is 12.7 Å². The summed E-state index contributed by atoms with van der Waals surface area (Å²) in [5.74, 6) is 2.35. The molecule has 3 rings (SSSR count). The molecule has 25 heavy (non-hydrogen) atoms. The first-order valence-corrected chi connectivity index (χ1v) is 10.7. The molecule has 0 radical (unpaired) electrons. The van der Waals surface area contributed by atoms with E-state index in [1.54, 1.807) is 5.56 Å². The van der Waals surface area contributed by atoms with Crippen molar-refractivity contribution in [2.45, 2.75) is 83.7 Å². The lowest BCUT2D eigenvalue weighted by Crippen LogP contribution is -2.24. The van der Waals surface area contributed by atoms with Gasteiger partial charge in [0, 0.05) is 0 Å². The summed E-state index contributed by atoms with van der Waals surface area (Å²) in [5, 5.41) is 0. The molecule has 1 nitrogen and oxygen atoms in total. The zero-order valence-electron chi connectivity index (χ0n) is 16.3. The molecule has 138 valence electrons. The third kappa shape index (κ3) is 5.45. The molecule has 0 spiro atoms. The molecule has 0 aromatic heterocycles. The van der Waals surface area contributed by atoms with Gasteiger partial charge in [-0.15, -0.1) is 0 Å². The van der Waals surface area contributed by atoms with Crippen molar-refractivity contribution in [2.24, 2.45) is 11.8 Å². The molecule has 1 heteroatoms. The highest BCUT2D eigenvalue weighted by Gasteiger charge is 2.22. The van der Waals surface area contributed by atoms with Gasteiger partial charge in [0.2, 0.25) is 0 Å². The van der Waals surface area contributed by atoms with E-state index in [2.05, 4.69) is 50.3 Å². The highest BCUT2D eigenvalue weighted by Crippen LogP contribution is 2.36. The maximum atomic E-state index is 6.06. The molecule has 1 heterocycles. The lowest BCUT2D eigenvalue weighted by atomic mass is 9.78. The van der Waals surface area contributed by atoms with E-state index in [0.29, 0.717) is 6.10 Å². The van der Waals surface area contributed by atoms with Gasteiger partial charge >= 0.3 is 0 Å². The van der Waals surface area contributed by atoms with Crippen LogP contribution in [0.2, 0.25) is 0 Å². The average molecular weight is 341 g/mol. The summed E-state index contributed by atoms with van der Waals surface area (Å²) in [6.07, 6.45) is 16.9. The topological polar surface area (TPSA) is 9.23 Å². The molecule has 2 unspecified atom stereocenters. The predicted octanol–water partition coefficient (Wildman–Crippen LogP) is 6.67. The van der Waals surface area contributed by atoms with E-state index < -0.39 is 0 Å². The fraction of sp³-hybridized carbons (Fsp3) is 0.667. The van der Waals surface area contributed by atoms with Gasteiger partial charge in [0.1, 0.15) is 0 Å². The number of benzene rings is 1. The van der Waals surface area contributed by atoms with Crippen LogP contribution < -0.4 is 0 Å². The van der Waals surface area contributed by atoms with Gasteiger partial charge < -0.3 is 4.74 Å². The van der Waals surface area contributed by atoms with Gasteiger partial charge in [-0.3, -0.25) is 0 Å². The first-order chi connectivity index (χ1) is 12.3. The van der Waals surface area contributed by atoms with Crippen LogP contribution in [0.1, 0.15) is 82.3 Å². The number of hydrogen-bond donors (Lipinski definition) is 0. The van der Waals surface area contributed by atoms with E-state index in [1.165, 1.54) is 56.9 Å². The Kier molecular flexibility index (Phi) is 7.16. The zero-order valence-corrected chi connectivity index (χ0v) is 16.3. The molecule has 1 saturated heterocycles. The highest BCUT2D eigenvalue weighted by atomic mass is 16.5. The Balaban J connectivity index is 1.41. The summed E-state index contributed by atoms with van der Waals surface area (Å²) in [5.41, 5.74) is 3.01. The Labute approximate surface area is 154 Å². The van der Waals surface area contributed by atoms with Crippen LogP contribution in [0.5, 0.6) is 0 Å². The van der Waals surface area contributed by atoms with Crippen LogP contribution in [0.25, 0.3) is 0 Å². The van der Waals surface area contributed by atoms with E-state index >= 15 is 0 Å². The maximum Gasteiger partial charge on any atom is 0.0756 e. The van der Waals surface area contributed by atoms with Crippen LogP contribution >= 0.6 is 0 Å². The lowest BCUT2D eigenvalue weighted by molar-refractivity contribution is 0.00806. The van der Waals surface area contributed by atoms with Crippen molar-refractivity contribution in [3.63, 3.8) is 0 Å². The standard InChI is InChI=1S/C24H36O/c1-3-5-21-11-17-24(25-18-21)16-10-20-8-14-23(15-9-20)22-12-6-19(4-2)7-13-22/h6-7,10,12-13,16,20-21,23-24H,3-5,8-9,11,14-15,17-18H2,1-2H3. The molecular formula is C24H36O. The van der Waals surface area contributed by atoms with Gasteiger partial charge in [0.25, 0.3) is 0 Å². The van der Waals surface area contributed by atoms with Crippen molar-refractivity contribution >= 4 is 0 Å². The molecule has 0 N–H and O–H groups in total. The van der Waals surface area contributed by atoms with E-state index in [-0.39, 0.29) is 0 Å². The molecule has 2 fully saturated rings. The zero-order chi connectivity index (χ0) is 17.5. The van der Waals surface area contributed by atoms with Crippen LogP contribution in [0.15, 0.2) is 36.4 Å². The van der Waals surface area contributed by atoms with Gasteiger partial charge in [-0.05, 0) is 80.2 Å². The number of ether oxygens (including phenoxy) is 1. The largest absolute Gasteiger partial charge is 0.374 e. The fourth-order valence-electron chi connectivity index (χ4n) is 4.57. The van der Waals surface area contributed by atoms with E-state index in [0.717, 1.165) is 30.8 Å². The van der Waals surface area contributed by atoms with Crippen LogP contribution in [-0.4, -0.2) is 12.7 Å². The smallest absolute Gasteiger partial charge is 0.0756 e. The van der Waals surface area contributed by atoms with Crippen molar-refractivity contribution in [3.05, 3.63) is 47.5 Å². The maximum absolute atomic E-state index is 6.06. The molecule has 1 aromatic rings. The second-order valence-electron chi connectivity index (χ2n) is 8.20. The van der Waals surface area contributed by atoms with Gasteiger partial charge in [-0.25, -0.2) is 0 Å². The normalized spacial score (nSPS) is 30.6. The molecule has 1 saturated carbocycles. The molecule has 2 atom stereocenters. The quantitative estimate of drug-likeness (QED) is 0.525. The first kappa shape index (κ1) is 18.7. The Bertz CT molecular complexity index is 514. The van der Waals surface area contributed by atoms with Crippen molar-refractivity contribution in [3.8, 4) is 0 Å². The molecule has 2 aliphatic rings. The Morgan fingerprint density at radius 1 is 0.920 bits per heavy atom. The molecule has 0 amide bonds.